The molecule has 4 unspecified atom stereocenters. The Kier molecular flexibility index (Phi) is 22.8. The van der Waals surface area contributed by atoms with Crippen LogP contribution in [-0.2, 0) is 0 Å². The molecule has 0 radical (unpaired) electrons. The number of phenols is 8. The van der Waals surface area contributed by atoms with Crippen molar-refractivity contribution in [1.29, 1.82) is 0 Å². The monoisotopic (exact) mass is 1370 g/mol. The molecule has 0 aliphatic rings. The summed E-state index contributed by atoms with van der Waals surface area (Å²) >= 11 is 0. The van der Waals surface area contributed by atoms with Gasteiger partial charge in [-0.1, -0.05) is 97.1 Å². The highest BCUT2D eigenvalue weighted by atomic mass is 16.3. The van der Waals surface area contributed by atoms with Crippen molar-refractivity contribution in [2.24, 2.45) is 0 Å². The van der Waals surface area contributed by atoms with Crippen molar-refractivity contribution < 1.29 is 131 Å². The first-order valence-electron chi connectivity index (χ1n) is 45.5. The average molecular weight is 1370 g/mol. The fourth-order valence-corrected chi connectivity index (χ4v) is 6.90. The first kappa shape index (κ1) is 42.9. The fraction of sp³-hybridized carbons (Fsp3) is 0.333. The van der Waals surface area contributed by atoms with E-state index in [4.69, 9.17) is 59.6 Å². The molecule has 8 atom stereocenters. The molecule has 0 aliphatic heterocycles. The van der Waals surface area contributed by atoms with Gasteiger partial charge in [-0.25, -0.2) is 0 Å². The number of likely N-dealkylation sites (N-methyl/N-ethyl adjacent to an activating group) is 8. The highest BCUT2D eigenvalue weighted by molar-refractivity contribution is 5.34. The average Bonchev–Trinajstić information content (AvgIpc) is 0.778. The third kappa shape index (κ3) is 37.6. The highest BCUT2D eigenvalue weighted by Gasteiger charge is 2.12. The lowest BCUT2D eigenvalue weighted by Gasteiger charge is -2.09. The van der Waals surface area contributed by atoms with Crippen LogP contribution >= 0.6 is 0 Å². The van der Waals surface area contributed by atoms with Crippen molar-refractivity contribution in [3.8, 4) is 46.0 Å². The normalized spacial score (nSPS) is 21.3. The van der Waals surface area contributed by atoms with Crippen molar-refractivity contribution in [3.05, 3.63) is 239 Å². The van der Waals surface area contributed by atoms with E-state index in [1.807, 2.05) is 0 Å². The Hall–Kier alpha value is -8.48. The maximum atomic E-state index is 9.87. The zero-order valence-electron chi connectivity index (χ0n) is 86.8. The van der Waals surface area contributed by atoms with Crippen LogP contribution in [0.15, 0.2) is 194 Å². The van der Waals surface area contributed by atoms with Crippen LogP contribution in [0.3, 0.4) is 0 Å². The molecule has 24 nitrogen and oxygen atoms in total. The molecule has 0 bridgehead atoms. The Balaban J connectivity index is 0.000000755. The minimum absolute atomic E-state index is 0.0421. The largest absolute Gasteiger partial charge is 0.508 e. The van der Waals surface area contributed by atoms with Crippen molar-refractivity contribution >= 4 is 0 Å². The summed E-state index contributed by atoms with van der Waals surface area (Å²) in [7, 11) is 0. The molecule has 0 saturated heterocycles. The summed E-state index contributed by atoms with van der Waals surface area (Å²) in [6.45, 7) is -32.4. The lowest BCUT2D eigenvalue weighted by molar-refractivity contribution is 0.177. The Morgan fingerprint density at radius 1 is 0.250 bits per heavy atom. The van der Waals surface area contributed by atoms with Crippen LogP contribution in [0, 0.1) is 0 Å². The van der Waals surface area contributed by atoms with E-state index in [1.54, 1.807) is 45.5 Å². The van der Waals surface area contributed by atoms with Gasteiger partial charge in [-0.2, -0.15) is 0 Å². The van der Waals surface area contributed by atoms with Gasteiger partial charge in [-0.15, -0.1) is 0 Å². The number of benzene rings is 8. The van der Waals surface area contributed by atoms with Crippen molar-refractivity contribution in [2.75, 3.05) is 108 Å². The third-order valence-electron chi connectivity index (χ3n) is 11.4. The summed E-state index contributed by atoms with van der Waals surface area (Å²) in [4.78, 5) is 0. The molecule has 528 valence electrons. The molecule has 0 spiro atoms. The Morgan fingerprint density at radius 2 is 0.438 bits per heavy atom. The number of rotatable bonds is 24. The van der Waals surface area contributed by atoms with Gasteiger partial charge in [0.05, 0.1) is 54.2 Å². The van der Waals surface area contributed by atoms with Crippen LogP contribution in [0.2, 0.25) is 0 Å². The van der Waals surface area contributed by atoms with Gasteiger partial charge in [0.2, 0.25) is 0 Å². The minimum Gasteiger partial charge on any atom is -0.508 e. The van der Waals surface area contributed by atoms with Gasteiger partial charge in [-0.05, 0) is 197 Å². The van der Waals surface area contributed by atoms with E-state index in [1.165, 1.54) is 158 Å². The molecule has 0 saturated carbocycles. The van der Waals surface area contributed by atoms with Crippen LogP contribution in [-0.4, -0.2) is 190 Å². The highest BCUT2D eigenvalue weighted by Crippen LogP contribution is 2.23. The molecule has 0 aromatic heterocycles. The van der Waals surface area contributed by atoms with E-state index >= 15 is 0 Å². The summed E-state index contributed by atoms with van der Waals surface area (Å²) in [5.41, 5.74) is 0.874. The fourth-order valence-electron chi connectivity index (χ4n) is 6.90. The molecule has 0 amide bonds. The summed E-state index contributed by atoms with van der Waals surface area (Å²) in [6, 6.07) is 43.5. The van der Waals surface area contributed by atoms with E-state index in [9.17, 15) is 71.5 Å². The van der Waals surface area contributed by atoms with Gasteiger partial charge in [0.15, 0.2) is 0 Å². The van der Waals surface area contributed by atoms with Gasteiger partial charge >= 0.3 is 0 Å². The number of aliphatic hydroxyl groups excluding tert-OH is 4. The second-order valence-corrected chi connectivity index (χ2v) is 18.5. The number of aromatic hydroxyl groups is 8. The van der Waals surface area contributed by atoms with Crippen LogP contribution in [0.25, 0.3) is 0 Å². The second kappa shape index (κ2) is 50.9. The summed E-state index contributed by atoms with van der Waals surface area (Å²) < 4.78 is 256. The van der Waals surface area contributed by atoms with Crippen LogP contribution in [0.4, 0.5) is 0 Å². The summed E-state index contributed by atoms with van der Waals surface area (Å²) in [5, 5.41) is 166. The topological polar surface area (TPSA) is 420 Å². The zero-order valence-corrected chi connectivity index (χ0v) is 50.8. The Bertz CT molecular complexity index is 4500. The van der Waals surface area contributed by atoms with E-state index in [-0.39, 0.29) is 92.5 Å². The number of phenolic OH excluding ortho intramolecular Hbond substituents is 8. The van der Waals surface area contributed by atoms with Crippen molar-refractivity contribution in [3.63, 3.8) is 0 Å². The maximum Gasteiger partial charge on any atom is 0.115 e. The second-order valence-electron chi connectivity index (χ2n) is 18.5. The predicted molar refractivity (Wildman–Crippen MR) is 376 cm³/mol. The van der Waals surface area contributed by atoms with E-state index in [0.29, 0.717) is 11.1 Å². The predicted octanol–water partition coefficient (Wildman–Crippen LogP) is 5.16. The summed E-state index contributed by atoms with van der Waals surface area (Å²) in [5.74, 6) is -0.877. The van der Waals surface area contributed by atoms with Crippen molar-refractivity contribution in [2.45, 2.75) is 48.7 Å². The number of hydrogen-bond donors (Lipinski definition) is 24. The van der Waals surface area contributed by atoms with Gasteiger partial charge in [0.25, 0.3) is 0 Å². The number of hydrogen-bond acceptors (Lipinski definition) is 24. The number of nitrogens with one attached hydrogen (secondary N) is 8. The first-order valence-corrected chi connectivity index (χ1v) is 27.5. The van der Waals surface area contributed by atoms with Crippen LogP contribution < -0.4 is 42.5 Å². The Labute approximate surface area is 614 Å². The molecule has 0 aliphatic carbocycles. The van der Waals surface area contributed by atoms with E-state index < -0.39 is 144 Å². The molecular formula is C72H104N8O16. The molecule has 8 aromatic carbocycles. The molecule has 96 heavy (non-hydrogen) atoms. The van der Waals surface area contributed by atoms with Gasteiger partial charge in [0.1, 0.15) is 46.0 Å². The summed E-state index contributed by atoms with van der Waals surface area (Å²) in [6.07, 6.45) is -15.2. The molecular weight excluding hydrogens is 1230 g/mol. The van der Waals surface area contributed by atoms with E-state index in [0.717, 1.165) is 12.1 Å². The molecule has 0 fully saturated rings. The molecule has 8 aromatic rings. The van der Waals surface area contributed by atoms with Crippen LogP contribution in [0.1, 0.15) is 143 Å². The quantitative estimate of drug-likeness (QED) is 0.0371. The maximum absolute atomic E-state index is 9.87. The van der Waals surface area contributed by atoms with E-state index in [2.05, 4.69) is 21.3 Å². The Morgan fingerprint density at radius 3 is 0.667 bits per heavy atom. The SMILES string of the molecule is [2H]C([2H])([2H])NC([2H])([2H])C(O)c1cccc(O)c1.[2H]C([2H])([2H])NC([2H])([2H])C([2H])(O)c1cccc(O)c1.[2H]C([2H])([2H])NC([2H])([2H])[C@H](O)c1cccc(O)c1.[2H]C([2H])([2H])NC([2H])([2H])[C@]([2H])(O)c1cccc(O)c1.[2H]C([2H])([2H])NCC(O)c1cccc(O)c1.[2H]C([2H])([2H])NCC([2H])(O)c1cccc(O)c1.[2H]C([2H])([2H])NC[C@H](O)c1cccc(O)c1.[2H]C([2H])([2H])NC[C@]([2H])(O)c1cccc(O)c1. The van der Waals surface area contributed by atoms with Crippen molar-refractivity contribution in [1.82, 2.24) is 42.5 Å². The third-order valence-corrected chi connectivity index (χ3v) is 11.4. The standard InChI is InChI=1S/8C9H13NO2/c8*1-10-6-9(12)7-3-2-4-8(11)5-7/h8*2-5,9-12H,6H2,1H3/t4*9-;;;;/m0000..../s1/i1D3,6D2,9D;1D3,9D;1D3,6D2;1D3;1D3,6D2,9D;1D3,9D;1D3,6D2;1D3. The van der Waals surface area contributed by atoms with Gasteiger partial charge < -0.3 is 124 Å². The lowest BCUT2D eigenvalue weighted by Crippen LogP contribution is -2.16. The number of aliphatic hydroxyl groups is 8. The minimum atomic E-state index is -2.92. The van der Waals surface area contributed by atoms with Crippen LogP contribution in [0.5, 0.6) is 46.0 Å². The molecule has 24 heteroatoms. The smallest absolute Gasteiger partial charge is 0.115 e. The lowest BCUT2D eigenvalue weighted by atomic mass is 10.1. The molecule has 24 N–H and O–H groups in total. The first-order chi connectivity index (χ1) is 59.3. The van der Waals surface area contributed by atoms with Gasteiger partial charge in [-0.3, -0.25) is 0 Å². The zero-order chi connectivity index (χ0) is 103. The molecule has 8 rings (SSSR count). The van der Waals surface area contributed by atoms with Gasteiger partial charge in [0, 0.05) is 96.0 Å². The molecule has 0 heterocycles.